The van der Waals surface area contributed by atoms with Crippen molar-refractivity contribution in [3.05, 3.63) is 86.6 Å². The first-order chi connectivity index (χ1) is 17.9. The highest BCUT2D eigenvalue weighted by Gasteiger charge is 2.27. The summed E-state index contributed by atoms with van der Waals surface area (Å²) in [5.74, 6) is 1.87. The summed E-state index contributed by atoms with van der Waals surface area (Å²) in [4.78, 5) is 34.4. The second-order valence-electron chi connectivity index (χ2n) is 9.86. The van der Waals surface area contributed by atoms with E-state index in [1.165, 1.54) is 10.1 Å². The quantitative estimate of drug-likeness (QED) is 0.383. The van der Waals surface area contributed by atoms with Gasteiger partial charge in [-0.2, -0.15) is 4.98 Å². The van der Waals surface area contributed by atoms with Gasteiger partial charge in [-0.25, -0.2) is 4.79 Å². The molecule has 0 saturated carbocycles. The highest BCUT2D eigenvalue weighted by Crippen LogP contribution is 2.27. The third-order valence-electron chi connectivity index (χ3n) is 7.17. The van der Waals surface area contributed by atoms with E-state index in [4.69, 9.17) is 9.72 Å². The Morgan fingerprint density at radius 3 is 2.51 bits per heavy atom. The number of ether oxygens (including phenoxy) is 1. The van der Waals surface area contributed by atoms with E-state index in [2.05, 4.69) is 34.1 Å². The summed E-state index contributed by atoms with van der Waals surface area (Å²) in [5, 5.41) is 10.9. The number of H-pyrrole nitrogens is 1. The minimum atomic E-state index is -0.886. The standard InChI is InChI=1S/C28H33N5O4/c1-19-8-6-7-11-23(19)37-18-22(34)17-33-24-25(31(2)28(36)30-26(24)35)29-27(33)32-14-12-21(13-15-32)16-20-9-4-3-5-10-20/h3-11,21-22,34H,12-18H2,1-2H3,(H,30,35,36)/t22-/m0/s1. The zero-order valence-corrected chi connectivity index (χ0v) is 21.3. The second kappa shape index (κ2) is 10.6. The molecule has 9 heteroatoms. The fourth-order valence-electron chi connectivity index (χ4n) is 5.09. The Morgan fingerprint density at radius 1 is 1.08 bits per heavy atom. The predicted octanol–water partition coefficient (Wildman–Crippen LogP) is 2.63. The topological polar surface area (TPSA) is 105 Å². The Bertz CT molecular complexity index is 1480. The van der Waals surface area contributed by atoms with Crippen LogP contribution < -0.4 is 20.9 Å². The van der Waals surface area contributed by atoms with E-state index in [-0.39, 0.29) is 18.7 Å². The lowest BCUT2D eigenvalue weighted by Crippen LogP contribution is -2.37. The Labute approximate surface area is 215 Å². The van der Waals surface area contributed by atoms with Gasteiger partial charge in [0.2, 0.25) is 5.95 Å². The molecule has 2 N–H and O–H groups in total. The molecule has 1 aliphatic heterocycles. The number of piperidine rings is 1. The van der Waals surface area contributed by atoms with E-state index >= 15 is 0 Å². The molecule has 37 heavy (non-hydrogen) atoms. The number of fused-ring (bicyclic) bond motifs is 1. The van der Waals surface area contributed by atoms with Crippen LogP contribution in [0.2, 0.25) is 0 Å². The Morgan fingerprint density at radius 2 is 1.78 bits per heavy atom. The monoisotopic (exact) mass is 503 g/mol. The van der Waals surface area contributed by atoms with Crippen molar-refractivity contribution in [2.24, 2.45) is 13.0 Å². The molecule has 1 atom stereocenters. The average Bonchev–Trinajstić information content (AvgIpc) is 3.27. The van der Waals surface area contributed by atoms with Gasteiger partial charge in [0.15, 0.2) is 11.2 Å². The maximum atomic E-state index is 12.9. The molecule has 2 aromatic carbocycles. The summed E-state index contributed by atoms with van der Waals surface area (Å²) in [5.41, 5.74) is 1.88. The van der Waals surface area contributed by atoms with Crippen LogP contribution in [0.3, 0.4) is 0 Å². The summed E-state index contributed by atoms with van der Waals surface area (Å²) in [6.07, 6.45) is 2.13. The van der Waals surface area contributed by atoms with Crippen molar-refractivity contribution in [1.29, 1.82) is 0 Å². The van der Waals surface area contributed by atoms with Gasteiger partial charge in [0.05, 0.1) is 6.54 Å². The number of hydrogen-bond donors (Lipinski definition) is 2. The van der Waals surface area contributed by atoms with Gasteiger partial charge in [0, 0.05) is 20.1 Å². The Hall–Kier alpha value is -3.85. The van der Waals surface area contributed by atoms with Gasteiger partial charge in [-0.3, -0.25) is 14.3 Å². The molecule has 0 bridgehead atoms. The molecule has 9 nitrogen and oxygen atoms in total. The maximum Gasteiger partial charge on any atom is 0.329 e. The molecule has 0 amide bonds. The number of anilines is 1. The van der Waals surface area contributed by atoms with Gasteiger partial charge < -0.3 is 19.3 Å². The fraction of sp³-hybridized carbons (Fsp3) is 0.393. The van der Waals surface area contributed by atoms with Crippen molar-refractivity contribution in [1.82, 2.24) is 19.1 Å². The molecule has 1 aliphatic rings. The number of para-hydroxylation sites is 1. The van der Waals surface area contributed by atoms with Gasteiger partial charge in [-0.1, -0.05) is 48.5 Å². The predicted molar refractivity (Wildman–Crippen MR) is 143 cm³/mol. The highest BCUT2D eigenvalue weighted by molar-refractivity contribution is 5.74. The van der Waals surface area contributed by atoms with Crippen molar-refractivity contribution < 1.29 is 9.84 Å². The SMILES string of the molecule is Cc1ccccc1OC[C@@H](O)Cn1c(N2CCC(Cc3ccccc3)CC2)nc2c1c(=O)[nH]c(=O)n2C. The van der Waals surface area contributed by atoms with Gasteiger partial charge in [0.25, 0.3) is 5.56 Å². The summed E-state index contributed by atoms with van der Waals surface area (Å²) < 4.78 is 8.93. The third kappa shape index (κ3) is 5.32. The Kier molecular flexibility index (Phi) is 7.14. The molecule has 0 aliphatic carbocycles. The van der Waals surface area contributed by atoms with E-state index < -0.39 is 17.4 Å². The van der Waals surface area contributed by atoms with Gasteiger partial charge in [0.1, 0.15) is 18.5 Å². The minimum absolute atomic E-state index is 0.0623. The van der Waals surface area contributed by atoms with Crippen LogP contribution in [0.4, 0.5) is 5.95 Å². The van der Waals surface area contributed by atoms with Crippen LogP contribution in [0, 0.1) is 12.8 Å². The lowest BCUT2D eigenvalue weighted by molar-refractivity contribution is 0.0932. The van der Waals surface area contributed by atoms with Crippen molar-refractivity contribution >= 4 is 17.1 Å². The fourth-order valence-corrected chi connectivity index (χ4v) is 5.09. The number of imidazole rings is 1. The number of hydrogen-bond acceptors (Lipinski definition) is 6. The zero-order chi connectivity index (χ0) is 25.9. The van der Waals surface area contributed by atoms with Crippen molar-refractivity contribution in [3.8, 4) is 5.75 Å². The number of nitrogens with one attached hydrogen (secondary N) is 1. The van der Waals surface area contributed by atoms with Gasteiger partial charge in [-0.05, 0) is 49.3 Å². The molecule has 4 aromatic rings. The summed E-state index contributed by atoms with van der Waals surface area (Å²) >= 11 is 0. The van der Waals surface area contributed by atoms with Crippen LogP contribution in [0.1, 0.15) is 24.0 Å². The largest absolute Gasteiger partial charge is 0.491 e. The van der Waals surface area contributed by atoms with Crippen LogP contribution in [-0.4, -0.2) is 50.0 Å². The second-order valence-corrected chi connectivity index (χ2v) is 9.86. The number of rotatable bonds is 8. The van der Waals surface area contributed by atoms with Gasteiger partial charge in [-0.15, -0.1) is 0 Å². The summed E-state index contributed by atoms with van der Waals surface area (Å²) in [7, 11) is 1.59. The molecular formula is C28H33N5O4. The van der Waals surface area contributed by atoms with Crippen LogP contribution in [0.5, 0.6) is 5.75 Å². The van der Waals surface area contributed by atoms with Crippen LogP contribution in [-0.2, 0) is 20.0 Å². The normalized spacial score (nSPS) is 15.3. The highest BCUT2D eigenvalue weighted by atomic mass is 16.5. The van der Waals surface area contributed by atoms with E-state index in [1.54, 1.807) is 11.6 Å². The number of aliphatic hydroxyl groups is 1. The molecule has 2 aromatic heterocycles. The lowest BCUT2D eigenvalue weighted by atomic mass is 9.90. The summed E-state index contributed by atoms with van der Waals surface area (Å²) in [6.45, 7) is 3.69. The van der Waals surface area contributed by atoms with Crippen molar-refractivity contribution in [2.45, 2.75) is 38.8 Å². The maximum absolute atomic E-state index is 12.9. The van der Waals surface area contributed by atoms with Crippen molar-refractivity contribution in [3.63, 3.8) is 0 Å². The van der Waals surface area contributed by atoms with E-state index in [9.17, 15) is 14.7 Å². The van der Waals surface area contributed by atoms with E-state index in [0.29, 0.717) is 23.3 Å². The first-order valence-corrected chi connectivity index (χ1v) is 12.8. The smallest absolute Gasteiger partial charge is 0.329 e. The first-order valence-electron chi connectivity index (χ1n) is 12.8. The molecule has 0 spiro atoms. The number of aromatic amines is 1. The number of aryl methyl sites for hydroxylation is 2. The van der Waals surface area contributed by atoms with Crippen LogP contribution >= 0.6 is 0 Å². The van der Waals surface area contributed by atoms with E-state index in [0.717, 1.165) is 37.9 Å². The number of aliphatic hydroxyl groups excluding tert-OH is 1. The molecule has 0 radical (unpaired) electrons. The zero-order valence-electron chi connectivity index (χ0n) is 21.3. The number of benzene rings is 2. The number of aromatic nitrogens is 4. The molecular weight excluding hydrogens is 470 g/mol. The van der Waals surface area contributed by atoms with Crippen molar-refractivity contribution in [2.75, 3.05) is 24.6 Å². The minimum Gasteiger partial charge on any atom is -0.491 e. The molecule has 194 valence electrons. The summed E-state index contributed by atoms with van der Waals surface area (Å²) in [6, 6.07) is 18.1. The third-order valence-corrected chi connectivity index (χ3v) is 7.17. The molecule has 1 fully saturated rings. The van der Waals surface area contributed by atoms with E-state index in [1.807, 2.05) is 37.3 Å². The Balaban J connectivity index is 1.38. The molecule has 0 unspecified atom stereocenters. The molecule has 5 rings (SSSR count). The first kappa shape index (κ1) is 24.8. The van der Waals surface area contributed by atoms with Crippen LogP contribution in [0.25, 0.3) is 11.2 Å². The number of nitrogens with zero attached hydrogens (tertiary/aromatic N) is 4. The van der Waals surface area contributed by atoms with Crippen LogP contribution in [0.15, 0.2) is 64.2 Å². The lowest BCUT2D eigenvalue weighted by Gasteiger charge is -2.33. The van der Waals surface area contributed by atoms with Gasteiger partial charge >= 0.3 is 5.69 Å². The molecule has 3 heterocycles. The molecule has 1 saturated heterocycles. The average molecular weight is 504 g/mol.